The molecule has 156 valence electrons. The molecule has 1 aliphatic rings. The van der Waals surface area contributed by atoms with Crippen LogP contribution in [0.4, 0.5) is 22.0 Å². The maximum absolute atomic E-state index is 13.3. The monoisotopic (exact) mass is 441 g/mol. The van der Waals surface area contributed by atoms with E-state index in [1.807, 2.05) is 0 Å². The van der Waals surface area contributed by atoms with Crippen molar-refractivity contribution in [1.29, 1.82) is 0 Å². The van der Waals surface area contributed by atoms with E-state index < -0.39 is 25.0 Å². The van der Waals surface area contributed by atoms with Crippen LogP contribution in [-0.4, -0.2) is 30.3 Å². The van der Waals surface area contributed by atoms with Crippen molar-refractivity contribution in [2.24, 2.45) is 0 Å². The quantitative estimate of drug-likeness (QED) is 0.393. The summed E-state index contributed by atoms with van der Waals surface area (Å²) in [6.45, 7) is -1.52. The standard InChI is InChI=1S/C19H13ClF5N5/c20-15-7-12(17-26-3-4-30(17)28-15)11-6-10(11)9-1-2-13-14(5-9)29(8-19(23,24)25)18(27-13)16(21)22/h1-5,7,10-11,16H,6,8H2/t10-,11+/m1/s1. The van der Waals surface area contributed by atoms with Gasteiger partial charge in [0.2, 0.25) is 0 Å². The maximum Gasteiger partial charge on any atom is 0.406 e. The lowest BCUT2D eigenvalue weighted by atomic mass is 10.0. The van der Waals surface area contributed by atoms with Gasteiger partial charge in [0.15, 0.2) is 11.5 Å². The SMILES string of the molecule is FC(F)c1nc2ccc([C@H]3C[C@@H]3c3cc(Cl)nn4ccnc34)cc2n1CC(F)(F)F. The van der Waals surface area contributed by atoms with E-state index in [9.17, 15) is 22.0 Å². The molecule has 11 heteroatoms. The predicted octanol–water partition coefficient (Wildman–Crippen LogP) is 5.50. The molecule has 2 atom stereocenters. The number of alkyl halides is 5. The smallest absolute Gasteiger partial charge is 0.314 e. The lowest BCUT2D eigenvalue weighted by Crippen LogP contribution is -2.19. The Hall–Kier alpha value is -2.75. The second-order valence-corrected chi connectivity index (χ2v) is 7.67. The molecule has 4 aromatic rings. The molecule has 3 aromatic heterocycles. The van der Waals surface area contributed by atoms with Crippen LogP contribution in [0.15, 0.2) is 36.7 Å². The fourth-order valence-corrected chi connectivity index (χ4v) is 4.19. The minimum atomic E-state index is -4.64. The zero-order valence-electron chi connectivity index (χ0n) is 15.1. The van der Waals surface area contributed by atoms with E-state index in [1.165, 1.54) is 12.1 Å². The zero-order valence-corrected chi connectivity index (χ0v) is 15.9. The zero-order chi connectivity index (χ0) is 21.2. The Morgan fingerprint density at radius 2 is 1.97 bits per heavy atom. The first-order valence-electron chi connectivity index (χ1n) is 9.06. The van der Waals surface area contributed by atoms with Crippen LogP contribution in [0.1, 0.15) is 41.6 Å². The van der Waals surface area contributed by atoms with Gasteiger partial charge in [-0.15, -0.1) is 0 Å². The van der Waals surface area contributed by atoms with Gasteiger partial charge in [-0.2, -0.15) is 18.3 Å². The second kappa shape index (κ2) is 6.63. The van der Waals surface area contributed by atoms with Crippen LogP contribution in [-0.2, 0) is 6.54 Å². The van der Waals surface area contributed by atoms with Crippen molar-refractivity contribution < 1.29 is 22.0 Å². The molecule has 1 saturated carbocycles. The maximum atomic E-state index is 13.3. The van der Waals surface area contributed by atoms with Crippen molar-refractivity contribution in [3.63, 3.8) is 0 Å². The van der Waals surface area contributed by atoms with Crippen molar-refractivity contribution in [3.05, 3.63) is 58.8 Å². The molecule has 5 nitrogen and oxygen atoms in total. The molecule has 0 spiro atoms. The Balaban J connectivity index is 1.54. The molecule has 0 N–H and O–H groups in total. The third kappa shape index (κ3) is 3.28. The fraction of sp³-hybridized carbons (Fsp3) is 0.316. The summed E-state index contributed by atoms with van der Waals surface area (Å²) >= 11 is 6.09. The summed E-state index contributed by atoms with van der Waals surface area (Å²) in [5.74, 6) is -0.814. The summed E-state index contributed by atoms with van der Waals surface area (Å²) in [6, 6.07) is 6.47. The average Bonchev–Trinajstić information content (AvgIpc) is 3.18. The first-order valence-corrected chi connectivity index (χ1v) is 9.44. The van der Waals surface area contributed by atoms with Gasteiger partial charge in [0.25, 0.3) is 6.43 Å². The van der Waals surface area contributed by atoms with Crippen molar-refractivity contribution in [2.75, 3.05) is 0 Å². The lowest BCUT2D eigenvalue weighted by molar-refractivity contribution is -0.141. The van der Waals surface area contributed by atoms with Gasteiger partial charge in [0, 0.05) is 18.0 Å². The van der Waals surface area contributed by atoms with Gasteiger partial charge in [0.05, 0.1) is 11.0 Å². The molecule has 0 bridgehead atoms. The van der Waals surface area contributed by atoms with Gasteiger partial charge in [-0.1, -0.05) is 17.7 Å². The van der Waals surface area contributed by atoms with Crippen molar-refractivity contribution >= 4 is 28.3 Å². The topological polar surface area (TPSA) is 48.0 Å². The number of rotatable bonds is 4. The number of benzene rings is 1. The summed E-state index contributed by atoms with van der Waals surface area (Å²) in [6.07, 6.45) is -3.73. The first-order chi connectivity index (χ1) is 14.2. The highest BCUT2D eigenvalue weighted by Gasteiger charge is 2.42. The number of hydrogen-bond acceptors (Lipinski definition) is 3. The van der Waals surface area contributed by atoms with Gasteiger partial charge < -0.3 is 4.57 Å². The molecular weight excluding hydrogens is 429 g/mol. The van der Waals surface area contributed by atoms with E-state index in [0.717, 1.165) is 17.5 Å². The van der Waals surface area contributed by atoms with E-state index in [0.29, 0.717) is 15.4 Å². The van der Waals surface area contributed by atoms with E-state index in [4.69, 9.17) is 11.6 Å². The van der Waals surface area contributed by atoms with E-state index in [2.05, 4.69) is 15.1 Å². The Morgan fingerprint density at radius 1 is 1.17 bits per heavy atom. The minimum Gasteiger partial charge on any atom is -0.314 e. The fourth-order valence-electron chi connectivity index (χ4n) is 3.99. The number of aromatic nitrogens is 5. The van der Waals surface area contributed by atoms with Crippen molar-refractivity contribution in [1.82, 2.24) is 24.1 Å². The molecule has 0 radical (unpaired) electrons. The average molecular weight is 442 g/mol. The van der Waals surface area contributed by atoms with Gasteiger partial charge >= 0.3 is 6.18 Å². The van der Waals surface area contributed by atoms with Crippen molar-refractivity contribution in [3.8, 4) is 0 Å². The highest BCUT2D eigenvalue weighted by atomic mass is 35.5. The minimum absolute atomic E-state index is 0.0117. The number of hydrogen-bond donors (Lipinski definition) is 0. The van der Waals surface area contributed by atoms with Crippen molar-refractivity contribution in [2.45, 2.75) is 37.4 Å². The first kappa shape index (κ1) is 19.2. The van der Waals surface area contributed by atoms with E-state index in [1.54, 1.807) is 29.0 Å². The third-order valence-electron chi connectivity index (χ3n) is 5.31. The summed E-state index contributed by atoms with van der Waals surface area (Å²) < 4.78 is 67.6. The number of imidazole rings is 2. The van der Waals surface area contributed by atoms with Crippen LogP contribution < -0.4 is 0 Å². The van der Waals surface area contributed by atoms with Crippen LogP contribution in [0.25, 0.3) is 16.7 Å². The Labute approximate surface area is 171 Å². The Bertz CT molecular complexity index is 1260. The predicted molar refractivity (Wildman–Crippen MR) is 98.8 cm³/mol. The lowest BCUT2D eigenvalue weighted by Gasteiger charge is -2.12. The summed E-state index contributed by atoms with van der Waals surface area (Å²) in [7, 11) is 0. The van der Waals surface area contributed by atoms with E-state index >= 15 is 0 Å². The largest absolute Gasteiger partial charge is 0.406 e. The number of fused-ring (bicyclic) bond motifs is 2. The van der Waals surface area contributed by atoms with Crippen LogP contribution in [0.2, 0.25) is 5.15 Å². The Kier molecular flexibility index (Phi) is 4.25. The highest BCUT2D eigenvalue weighted by Crippen LogP contribution is 2.56. The van der Waals surface area contributed by atoms with Crippen LogP contribution in [0.5, 0.6) is 0 Å². The van der Waals surface area contributed by atoms with E-state index in [-0.39, 0.29) is 22.9 Å². The summed E-state index contributed by atoms with van der Waals surface area (Å²) in [5.41, 5.74) is 2.47. The molecule has 1 fully saturated rings. The molecule has 1 aromatic carbocycles. The van der Waals surface area contributed by atoms with Crippen LogP contribution >= 0.6 is 11.6 Å². The number of halogens is 6. The number of nitrogens with zero attached hydrogens (tertiary/aromatic N) is 5. The molecule has 0 aliphatic heterocycles. The normalized spacial score (nSPS) is 19.3. The van der Waals surface area contributed by atoms with Crippen LogP contribution in [0, 0.1) is 0 Å². The second-order valence-electron chi connectivity index (χ2n) is 7.29. The third-order valence-corrected chi connectivity index (χ3v) is 5.49. The van der Waals surface area contributed by atoms with Gasteiger partial charge in [-0.05, 0) is 42.0 Å². The molecule has 0 amide bonds. The summed E-state index contributed by atoms with van der Waals surface area (Å²) in [4.78, 5) is 8.01. The molecule has 5 rings (SSSR count). The highest BCUT2D eigenvalue weighted by molar-refractivity contribution is 6.29. The Morgan fingerprint density at radius 3 is 2.70 bits per heavy atom. The van der Waals surface area contributed by atoms with Gasteiger partial charge in [-0.25, -0.2) is 23.3 Å². The van der Waals surface area contributed by atoms with Gasteiger partial charge in [0.1, 0.15) is 11.7 Å². The summed E-state index contributed by atoms with van der Waals surface area (Å²) in [5, 5.41) is 4.45. The van der Waals surface area contributed by atoms with Gasteiger partial charge in [-0.3, -0.25) is 0 Å². The molecule has 0 saturated heterocycles. The molecule has 30 heavy (non-hydrogen) atoms. The molecule has 1 aliphatic carbocycles. The molecule has 0 unspecified atom stereocenters. The molecular formula is C19H13ClF5N5. The van der Waals surface area contributed by atoms with Crippen LogP contribution in [0.3, 0.4) is 0 Å². The molecule has 3 heterocycles.